The van der Waals surface area contributed by atoms with E-state index in [0.717, 1.165) is 22.3 Å². The monoisotopic (exact) mass is 655 g/mol. The molecular weight excluding hydrogens is 610 g/mol. The second-order valence-corrected chi connectivity index (χ2v) is 13.8. The summed E-state index contributed by atoms with van der Waals surface area (Å²) >= 11 is 0. The SMILES string of the molecule is CC(C)C(C(=O)NCNc1c(NCCC(=O)C(c2ccccc2)(c2ccccc2)C(C)(C)C)c(=O)c1=O)(c1ccccc1)c1ccccc1. The zero-order valence-corrected chi connectivity index (χ0v) is 28.9. The van der Waals surface area contributed by atoms with E-state index >= 15 is 0 Å². The van der Waals surface area contributed by atoms with E-state index in [9.17, 15) is 19.2 Å². The summed E-state index contributed by atoms with van der Waals surface area (Å²) in [5.41, 5.74) is -0.0173. The largest absolute Gasteiger partial charge is 0.380 e. The van der Waals surface area contributed by atoms with E-state index < -0.39 is 27.1 Å². The summed E-state index contributed by atoms with van der Waals surface area (Å²) in [5.74, 6) is -0.339. The molecule has 0 aliphatic rings. The molecule has 0 aromatic heterocycles. The number of rotatable bonds is 14. The van der Waals surface area contributed by atoms with Crippen LogP contribution in [0.15, 0.2) is 131 Å². The van der Waals surface area contributed by atoms with Crippen molar-refractivity contribution in [3.8, 4) is 0 Å². The van der Waals surface area contributed by atoms with Crippen LogP contribution >= 0.6 is 0 Å². The minimum atomic E-state index is -0.990. The van der Waals surface area contributed by atoms with Crippen molar-refractivity contribution in [3.63, 3.8) is 0 Å². The van der Waals surface area contributed by atoms with Gasteiger partial charge in [-0.15, -0.1) is 0 Å². The first-order valence-electron chi connectivity index (χ1n) is 16.8. The Labute approximate surface area is 288 Å². The van der Waals surface area contributed by atoms with Crippen LogP contribution in [0.5, 0.6) is 0 Å². The maximum absolute atomic E-state index is 14.4. The first kappa shape index (κ1) is 35.0. The second kappa shape index (κ2) is 14.4. The van der Waals surface area contributed by atoms with Crippen LogP contribution in [0.25, 0.3) is 0 Å². The lowest BCUT2D eigenvalue weighted by molar-refractivity contribution is -0.127. The summed E-state index contributed by atoms with van der Waals surface area (Å²) in [7, 11) is 0. The van der Waals surface area contributed by atoms with E-state index in [4.69, 9.17) is 0 Å². The van der Waals surface area contributed by atoms with Crippen LogP contribution < -0.4 is 26.8 Å². The molecule has 0 saturated carbocycles. The van der Waals surface area contributed by atoms with Crippen molar-refractivity contribution in [1.82, 2.24) is 5.32 Å². The normalized spacial score (nSPS) is 12.1. The quantitative estimate of drug-likeness (QED) is 0.0897. The number of benzene rings is 4. The topological polar surface area (TPSA) is 104 Å². The average molecular weight is 656 g/mol. The molecule has 0 fully saturated rings. The highest BCUT2D eigenvalue weighted by atomic mass is 16.2. The van der Waals surface area contributed by atoms with Gasteiger partial charge in [0, 0.05) is 13.0 Å². The zero-order chi connectivity index (χ0) is 35.2. The van der Waals surface area contributed by atoms with Crippen molar-refractivity contribution in [2.75, 3.05) is 23.8 Å². The third kappa shape index (κ3) is 6.33. The van der Waals surface area contributed by atoms with E-state index in [0.29, 0.717) is 0 Å². The van der Waals surface area contributed by atoms with Gasteiger partial charge in [0.15, 0.2) is 0 Å². The molecular formula is C42H45N3O4. The molecule has 5 aromatic rings. The van der Waals surface area contributed by atoms with Crippen molar-refractivity contribution in [2.45, 2.75) is 51.9 Å². The highest BCUT2D eigenvalue weighted by Crippen LogP contribution is 2.48. The number of carbonyl (C=O) groups excluding carboxylic acids is 2. The van der Waals surface area contributed by atoms with Gasteiger partial charge in [0.05, 0.1) is 12.1 Å². The first-order chi connectivity index (χ1) is 23.5. The molecule has 0 bridgehead atoms. The van der Waals surface area contributed by atoms with E-state index in [1.807, 2.05) is 135 Å². The van der Waals surface area contributed by atoms with Crippen molar-refractivity contribution in [2.24, 2.45) is 11.3 Å². The Balaban J connectivity index is 1.33. The van der Waals surface area contributed by atoms with Gasteiger partial charge in [-0.3, -0.25) is 19.2 Å². The van der Waals surface area contributed by atoms with Gasteiger partial charge < -0.3 is 16.0 Å². The zero-order valence-electron chi connectivity index (χ0n) is 28.9. The molecule has 49 heavy (non-hydrogen) atoms. The van der Waals surface area contributed by atoms with Crippen LogP contribution in [0.1, 0.15) is 63.3 Å². The molecule has 0 atom stereocenters. The van der Waals surface area contributed by atoms with E-state index in [1.54, 1.807) is 0 Å². The molecule has 0 aliphatic heterocycles. The van der Waals surface area contributed by atoms with Gasteiger partial charge in [0.25, 0.3) is 10.9 Å². The minimum absolute atomic E-state index is 0.00257. The van der Waals surface area contributed by atoms with Crippen LogP contribution in [-0.4, -0.2) is 24.9 Å². The molecule has 7 heteroatoms. The molecule has 0 aliphatic carbocycles. The van der Waals surface area contributed by atoms with E-state index in [2.05, 4.69) is 36.7 Å². The van der Waals surface area contributed by atoms with Gasteiger partial charge in [-0.1, -0.05) is 156 Å². The van der Waals surface area contributed by atoms with E-state index in [-0.39, 0.29) is 48.6 Å². The molecule has 0 heterocycles. The minimum Gasteiger partial charge on any atom is -0.380 e. The summed E-state index contributed by atoms with van der Waals surface area (Å²) < 4.78 is 0. The summed E-state index contributed by atoms with van der Waals surface area (Å²) in [6, 6.07) is 38.9. The molecule has 5 rings (SSSR count). The predicted molar refractivity (Wildman–Crippen MR) is 198 cm³/mol. The third-order valence-electron chi connectivity index (χ3n) is 9.72. The fourth-order valence-corrected chi connectivity index (χ4v) is 7.48. The smallest absolute Gasteiger partial charge is 0.253 e. The van der Waals surface area contributed by atoms with Crippen molar-refractivity contribution >= 4 is 23.1 Å². The van der Waals surface area contributed by atoms with Crippen LogP contribution in [0, 0.1) is 11.3 Å². The Morgan fingerprint density at radius 3 is 1.37 bits per heavy atom. The molecule has 3 N–H and O–H groups in total. The average Bonchev–Trinajstić information content (AvgIpc) is 3.10. The number of anilines is 2. The summed E-state index contributed by atoms with van der Waals surface area (Å²) in [6.07, 6.45) is 0.112. The van der Waals surface area contributed by atoms with Gasteiger partial charge in [0.1, 0.15) is 22.6 Å². The molecule has 7 nitrogen and oxygen atoms in total. The van der Waals surface area contributed by atoms with Crippen LogP contribution in [-0.2, 0) is 20.4 Å². The van der Waals surface area contributed by atoms with E-state index in [1.165, 1.54) is 0 Å². The lowest BCUT2D eigenvalue weighted by atomic mass is 9.56. The molecule has 1 amide bonds. The number of hydrogen-bond acceptors (Lipinski definition) is 6. The Hall–Kier alpha value is -5.30. The summed E-state index contributed by atoms with van der Waals surface area (Å²) in [4.78, 5) is 53.8. The highest BCUT2D eigenvalue weighted by Gasteiger charge is 2.50. The van der Waals surface area contributed by atoms with Crippen LogP contribution in [0.4, 0.5) is 11.4 Å². The number of nitrogens with one attached hydrogen (secondary N) is 3. The number of ketones is 1. The number of carbonyl (C=O) groups is 2. The molecule has 0 radical (unpaired) electrons. The molecule has 0 unspecified atom stereocenters. The number of hydrogen-bond donors (Lipinski definition) is 3. The molecule has 252 valence electrons. The second-order valence-electron chi connectivity index (χ2n) is 13.8. The maximum atomic E-state index is 14.4. The molecule has 0 saturated heterocycles. The van der Waals surface area contributed by atoms with Crippen molar-refractivity contribution in [3.05, 3.63) is 164 Å². The maximum Gasteiger partial charge on any atom is 0.253 e. The summed E-state index contributed by atoms with van der Waals surface area (Å²) in [6.45, 7) is 10.3. The van der Waals surface area contributed by atoms with Crippen LogP contribution in [0.3, 0.4) is 0 Å². The number of amides is 1. The Bertz CT molecular complexity index is 1860. The molecule has 5 aromatic carbocycles. The third-order valence-corrected chi connectivity index (χ3v) is 9.72. The van der Waals surface area contributed by atoms with Gasteiger partial charge in [-0.05, 0) is 33.6 Å². The fraction of sp³-hybridized carbons (Fsp3) is 0.286. The Morgan fingerprint density at radius 1 is 0.592 bits per heavy atom. The predicted octanol–water partition coefficient (Wildman–Crippen LogP) is 6.81. The Morgan fingerprint density at radius 2 is 0.980 bits per heavy atom. The standard InChI is InChI=1S/C42H45N3O4/c1-29(2)41(30-18-10-6-11-19-30,31-20-12-7-13-21-31)39(49)45-28-44-36-35(37(47)38(36)48)43-27-26-34(46)42(40(3,4)5,32-22-14-8-15-23-32)33-24-16-9-17-25-33/h6-25,29,43-44H,26-28H2,1-5H3,(H,45,49). The summed E-state index contributed by atoms with van der Waals surface area (Å²) in [5, 5.41) is 9.00. The van der Waals surface area contributed by atoms with Crippen LogP contribution in [0.2, 0.25) is 0 Å². The fourth-order valence-electron chi connectivity index (χ4n) is 7.48. The Kier molecular flexibility index (Phi) is 10.3. The van der Waals surface area contributed by atoms with Gasteiger partial charge in [0.2, 0.25) is 5.91 Å². The van der Waals surface area contributed by atoms with Gasteiger partial charge >= 0.3 is 0 Å². The highest BCUT2D eigenvalue weighted by molar-refractivity contribution is 5.95. The first-order valence-corrected chi connectivity index (χ1v) is 16.8. The van der Waals surface area contributed by atoms with Gasteiger partial charge in [-0.25, -0.2) is 0 Å². The number of Topliss-reactive ketones (excluding diaryl/α,β-unsaturated/α-hetero) is 1. The van der Waals surface area contributed by atoms with Gasteiger partial charge in [-0.2, -0.15) is 0 Å². The lowest BCUT2D eigenvalue weighted by Crippen LogP contribution is -2.50. The van der Waals surface area contributed by atoms with Crippen molar-refractivity contribution in [1.29, 1.82) is 0 Å². The molecule has 0 spiro atoms. The van der Waals surface area contributed by atoms with Crippen molar-refractivity contribution < 1.29 is 9.59 Å². The lowest BCUT2D eigenvalue weighted by Gasteiger charge is -2.45.